The van der Waals surface area contributed by atoms with Crippen molar-refractivity contribution in [2.75, 3.05) is 7.11 Å². The second-order valence-corrected chi connectivity index (χ2v) is 6.86. The molecule has 7 heteroatoms. The summed E-state index contributed by atoms with van der Waals surface area (Å²) in [5.74, 6) is -1.23. The Morgan fingerprint density at radius 3 is 2.65 bits per heavy atom. The number of ether oxygens (including phenoxy) is 1. The van der Waals surface area contributed by atoms with Crippen molar-refractivity contribution in [1.82, 2.24) is 0 Å². The maximum atomic E-state index is 12.4. The van der Waals surface area contributed by atoms with Crippen LogP contribution in [0.2, 0.25) is 0 Å². The zero-order chi connectivity index (χ0) is 14.8. The van der Waals surface area contributed by atoms with Gasteiger partial charge in [0, 0.05) is 0 Å². The molecule has 2 rings (SSSR count). The topological polar surface area (TPSA) is 80.7 Å². The number of carboxylic acid groups (broad SMARTS) is 1. The van der Waals surface area contributed by atoms with E-state index in [1.165, 1.54) is 19.2 Å². The molecular weight excluding hydrogens is 300 g/mol. The highest BCUT2D eigenvalue weighted by Crippen LogP contribution is 2.28. The zero-order valence-electron chi connectivity index (χ0n) is 10.6. The van der Waals surface area contributed by atoms with E-state index in [4.69, 9.17) is 9.84 Å². The lowest BCUT2D eigenvalue weighted by Gasteiger charge is -2.09. The van der Waals surface area contributed by atoms with Crippen LogP contribution in [-0.2, 0) is 15.6 Å². The van der Waals surface area contributed by atoms with E-state index in [9.17, 15) is 13.2 Å². The number of methoxy groups -OCH3 is 1. The number of para-hydroxylation sites is 1. The first-order chi connectivity index (χ1) is 9.45. The highest BCUT2D eigenvalue weighted by Gasteiger charge is 2.23. The summed E-state index contributed by atoms with van der Waals surface area (Å²) in [6.07, 6.45) is 0. The normalized spacial score (nSPS) is 11.2. The van der Waals surface area contributed by atoms with Crippen LogP contribution in [0, 0.1) is 0 Å². The molecule has 1 N–H and O–H groups in total. The average molecular weight is 312 g/mol. The van der Waals surface area contributed by atoms with Gasteiger partial charge in [0.15, 0.2) is 9.84 Å². The van der Waals surface area contributed by atoms with Crippen molar-refractivity contribution in [3.05, 3.63) is 46.2 Å². The standard InChI is InChI=1S/C13H12O5S2/c1-18-10-4-2-3-5-11(10)20(16,17)8-9-6-7-19-12(9)13(14)15/h2-7H,8H2,1H3,(H,14,15). The van der Waals surface area contributed by atoms with Gasteiger partial charge in [-0.3, -0.25) is 0 Å². The second kappa shape index (κ2) is 5.64. The molecule has 0 aliphatic rings. The van der Waals surface area contributed by atoms with Crippen LogP contribution in [0.1, 0.15) is 15.2 Å². The van der Waals surface area contributed by atoms with Gasteiger partial charge in [0.05, 0.1) is 12.9 Å². The predicted molar refractivity (Wildman–Crippen MR) is 75.2 cm³/mol. The average Bonchev–Trinajstić information content (AvgIpc) is 2.86. The minimum absolute atomic E-state index is 0.0449. The highest BCUT2D eigenvalue weighted by molar-refractivity contribution is 7.90. The first-order valence-electron chi connectivity index (χ1n) is 5.61. The summed E-state index contributed by atoms with van der Waals surface area (Å²) in [5, 5.41) is 10.6. The lowest BCUT2D eigenvalue weighted by atomic mass is 10.3. The largest absolute Gasteiger partial charge is 0.495 e. The van der Waals surface area contributed by atoms with Crippen molar-refractivity contribution in [2.45, 2.75) is 10.6 Å². The third-order valence-electron chi connectivity index (χ3n) is 2.69. The predicted octanol–water partition coefficient (Wildman–Crippen LogP) is 2.43. The van der Waals surface area contributed by atoms with E-state index < -0.39 is 15.8 Å². The molecule has 20 heavy (non-hydrogen) atoms. The van der Waals surface area contributed by atoms with Gasteiger partial charge in [-0.15, -0.1) is 11.3 Å². The van der Waals surface area contributed by atoms with Gasteiger partial charge in [-0.1, -0.05) is 12.1 Å². The SMILES string of the molecule is COc1ccccc1S(=O)(=O)Cc1ccsc1C(=O)O. The molecular formula is C13H12O5S2. The summed E-state index contributed by atoms with van der Waals surface area (Å²) in [6.45, 7) is 0. The molecule has 106 valence electrons. The molecule has 2 aromatic rings. The number of thiophene rings is 1. The molecule has 0 unspecified atom stereocenters. The van der Waals surface area contributed by atoms with Crippen molar-refractivity contribution in [3.63, 3.8) is 0 Å². The Morgan fingerprint density at radius 1 is 1.30 bits per heavy atom. The van der Waals surface area contributed by atoms with Crippen LogP contribution in [0.3, 0.4) is 0 Å². The summed E-state index contributed by atoms with van der Waals surface area (Å²) in [4.78, 5) is 11.1. The third-order valence-corrected chi connectivity index (χ3v) is 5.33. The number of rotatable bonds is 5. The van der Waals surface area contributed by atoms with E-state index in [1.54, 1.807) is 23.6 Å². The van der Waals surface area contributed by atoms with Gasteiger partial charge < -0.3 is 9.84 Å². The van der Waals surface area contributed by atoms with Gasteiger partial charge in [-0.05, 0) is 29.1 Å². The number of hydrogen-bond donors (Lipinski definition) is 1. The van der Waals surface area contributed by atoms with Crippen LogP contribution in [0.4, 0.5) is 0 Å². The smallest absolute Gasteiger partial charge is 0.346 e. The summed E-state index contributed by atoms with van der Waals surface area (Å²) in [5.41, 5.74) is 0.286. The van der Waals surface area contributed by atoms with Crippen molar-refractivity contribution in [3.8, 4) is 5.75 Å². The summed E-state index contributed by atoms with van der Waals surface area (Å²) >= 11 is 1.01. The lowest BCUT2D eigenvalue weighted by molar-refractivity contribution is 0.0701. The number of hydrogen-bond acceptors (Lipinski definition) is 5. The molecule has 0 aliphatic carbocycles. The van der Waals surface area contributed by atoms with Crippen LogP contribution >= 0.6 is 11.3 Å². The molecule has 5 nitrogen and oxygen atoms in total. The fraction of sp³-hybridized carbons (Fsp3) is 0.154. The van der Waals surface area contributed by atoms with Gasteiger partial charge in [0.25, 0.3) is 0 Å². The minimum atomic E-state index is -3.66. The van der Waals surface area contributed by atoms with E-state index >= 15 is 0 Å². The van der Waals surface area contributed by atoms with Crippen LogP contribution in [-0.4, -0.2) is 26.6 Å². The lowest BCUT2D eigenvalue weighted by Crippen LogP contribution is -2.08. The fourth-order valence-corrected chi connectivity index (χ4v) is 4.20. The van der Waals surface area contributed by atoms with Gasteiger partial charge in [-0.25, -0.2) is 13.2 Å². The Bertz CT molecular complexity index is 731. The fourth-order valence-electron chi connectivity index (χ4n) is 1.80. The Morgan fingerprint density at radius 2 is 2.00 bits per heavy atom. The second-order valence-electron chi connectivity index (χ2n) is 3.99. The number of benzene rings is 1. The van der Waals surface area contributed by atoms with Crippen molar-refractivity contribution < 1.29 is 23.1 Å². The zero-order valence-corrected chi connectivity index (χ0v) is 12.2. The molecule has 1 aromatic carbocycles. The van der Waals surface area contributed by atoms with Crippen molar-refractivity contribution >= 4 is 27.1 Å². The quantitative estimate of drug-likeness (QED) is 0.917. The molecule has 1 aromatic heterocycles. The molecule has 0 atom stereocenters. The Hall–Kier alpha value is -1.86. The Kier molecular flexibility index (Phi) is 4.10. The number of carboxylic acids is 1. The summed E-state index contributed by atoms with van der Waals surface area (Å²) in [6, 6.07) is 7.78. The first-order valence-corrected chi connectivity index (χ1v) is 8.14. The molecule has 0 bridgehead atoms. The number of sulfone groups is 1. The summed E-state index contributed by atoms with van der Waals surface area (Å²) in [7, 11) is -2.27. The first kappa shape index (κ1) is 14.5. The molecule has 0 fully saturated rings. The van der Waals surface area contributed by atoms with Gasteiger partial charge in [0.1, 0.15) is 15.5 Å². The molecule has 0 aliphatic heterocycles. The van der Waals surface area contributed by atoms with Gasteiger partial charge in [-0.2, -0.15) is 0 Å². The van der Waals surface area contributed by atoms with E-state index in [0.29, 0.717) is 0 Å². The van der Waals surface area contributed by atoms with Gasteiger partial charge >= 0.3 is 5.97 Å². The summed E-state index contributed by atoms with van der Waals surface area (Å²) < 4.78 is 29.8. The maximum Gasteiger partial charge on any atom is 0.346 e. The Labute approximate surface area is 120 Å². The van der Waals surface area contributed by atoms with Crippen LogP contribution in [0.5, 0.6) is 5.75 Å². The van der Waals surface area contributed by atoms with Crippen LogP contribution < -0.4 is 4.74 Å². The monoisotopic (exact) mass is 312 g/mol. The maximum absolute atomic E-state index is 12.4. The van der Waals surface area contributed by atoms with E-state index in [-0.39, 0.29) is 26.8 Å². The van der Waals surface area contributed by atoms with E-state index in [0.717, 1.165) is 11.3 Å². The highest BCUT2D eigenvalue weighted by atomic mass is 32.2. The third kappa shape index (κ3) is 2.83. The number of aromatic carboxylic acids is 1. The molecule has 0 saturated carbocycles. The van der Waals surface area contributed by atoms with Crippen molar-refractivity contribution in [1.29, 1.82) is 0 Å². The molecule has 0 spiro atoms. The van der Waals surface area contributed by atoms with E-state index in [1.807, 2.05) is 0 Å². The molecule has 0 saturated heterocycles. The van der Waals surface area contributed by atoms with Crippen LogP contribution in [0.15, 0.2) is 40.6 Å². The van der Waals surface area contributed by atoms with E-state index in [2.05, 4.69) is 0 Å². The minimum Gasteiger partial charge on any atom is -0.495 e. The van der Waals surface area contributed by atoms with Crippen molar-refractivity contribution in [2.24, 2.45) is 0 Å². The molecule has 0 amide bonds. The van der Waals surface area contributed by atoms with Crippen LogP contribution in [0.25, 0.3) is 0 Å². The number of carbonyl (C=O) groups is 1. The molecule has 0 radical (unpaired) electrons. The van der Waals surface area contributed by atoms with Gasteiger partial charge in [0.2, 0.25) is 0 Å². The Balaban J connectivity index is 2.41. The molecule has 1 heterocycles.